The third-order valence-corrected chi connectivity index (χ3v) is 4.08. The van der Waals surface area contributed by atoms with Crippen molar-refractivity contribution in [3.63, 3.8) is 0 Å². The van der Waals surface area contributed by atoms with Gasteiger partial charge < -0.3 is 10.1 Å². The molecular formula is C19H19N3O5. The Morgan fingerprint density at radius 3 is 1.89 bits per heavy atom. The van der Waals surface area contributed by atoms with Crippen LogP contribution in [0, 0.1) is 0 Å². The molecule has 0 saturated heterocycles. The van der Waals surface area contributed by atoms with Crippen molar-refractivity contribution in [2.75, 3.05) is 22.2 Å². The molecule has 2 aliphatic rings. The van der Waals surface area contributed by atoms with Gasteiger partial charge in [0.1, 0.15) is 0 Å². The highest BCUT2D eigenvalue weighted by atomic mass is 16.5. The summed E-state index contributed by atoms with van der Waals surface area (Å²) in [4.78, 5) is 51.2. The number of rotatable bonds is 5. The number of nitrogens with one attached hydrogen (secondary N) is 1. The maximum atomic E-state index is 12.4. The van der Waals surface area contributed by atoms with Crippen LogP contribution in [0.1, 0.15) is 20.8 Å². The highest BCUT2D eigenvalue weighted by Crippen LogP contribution is 2.33. The second kappa shape index (κ2) is 6.71. The number of benzene rings is 1. The minimum absolute atomic E-state index is 0.0515. The molecule has 0 aliphatic carbocycles. The van der Waals surface area contributed by atoms with E-state index in [-0.39, 0.29) is 23.2 Å². The summed E-state index contributed by atoms with van der Waals surface area (Å²) in [5, 5.41) is 3.16. The van der Waals surface area contributed by atoms with Crippen LogP contribution in [0.2, 0.25) is 0 Å². The first kappa shape index (κ1) is 18.4. The summed E-state index contributed by atoms with van der Waals surface area (Å²) in [6, 6.07) is 4.74. The molecule has 4 amide bonds. The third-order valence-electron chi connectivity index (χ3n) is 4.08. The summed E-state index contributed by atoms with van der Waals surface area (Å²) in [5.41, 5.74) is 1.39. The van der Waals surface area contributed by atoms with Crippen molar-refractivity contribution in [3.05, 3.63) is 41.7 Å². The van der Waals surface area contributed by atoms with Gasteiger partial charge in [-0.2, -0.15) is 0 Å². The molecule has 2 aliphatic heterocycles. The zero-order valence-electron chi connectivity index (χ0n) is 15.4. The van der Waals surface area contributed by atoms with Crippen LogP contribution in [0.25, 0.3) is 0 Å². The Morgan fingerprint density at radius 1 is 0.889 bits per heavy atom. The quantitative estimate of drug-likeness (QED) is 0.794. The fraction of sp³-hybridized carbons (Fsp3) is 0.263. The zero-order chi connectivity index (χ0) is 19.9. The molecule has 8 nitrogen and oxygen atoms in total. The molecular weight excluding hydrogens is 350 g/mol. The van der Waals surface area contributed by atoms with E-state index in [0.717, 1.165) is 15.9 Å². The molecule has 27 heavy (non-hydrogen) atoms. The standard InChI is InChI=1S/C19H19N3O5/c1-10(2)20-12-6-13(21-16(23)5-11(3)18(21)25)8-14(7-12)22-17(24)9-15(27-4)19(22)26/h5-10,20H,1-4H3. The Hall–Kier alpha value is -3.42. The van der Waals surface area contributed by atoms with Gasteiger partial charge in [-0.15, -0.1) is 0 Å². The van der Waals surface area contributed by atoms with E-state index in [1.165, 1.54) is 19.3 Å². The Labute approximate surface area is 156 Å². The van der Waals surface area contributed by atoms with Crippen LogP contribution in [0.5, 0.6) is 0 Å². The first-order valence-electron chi connectivity index (χ1n) is 8.35. The zero-order valence-corrected chi connectivity index (χ0v) is 15.4. The predicted molar refractivity (Wildman–Crippen MR) is 99.0 cm³/mol. The van der Waals surface area contributed by atoms with Crippen LogP contribution >= 0.6 is 0 Å². The lowest BCUT2D eigenvalue weighted by atomic mass is 10.2. The minimum atomic E-state index is -0.608. The molecule has 0 spiro atoms. The topological polar surface area (TPSA) is 96.0 Å². The fourth-order valence-corrected chi connectivity index (χ4v) is 2.94. The van der Waals surface area contributed by atoms with E-state index < -0.39 is 23.6 Å². The number of imide groups is 2. The monoisotopic (exact) mass is 369 g/mol. The largest absolute Gasteiger partial charge is 0.491 e. The molecule has 1 N–H and O–H groups in total. The van der Waals surface area contributed by atoms with Crippen molar-refractivity contribution < 1.29 is 23.9 Å². The molecule has 1 aromatic rings. The molecule has 0 atom stereocenters. The summed E-state index contributed by atoms with van der Waals surface area (Å²) in [7, 11) is 1.30. The predicted octanol–water partition coefficient (Wildman–Crippen LogP) is 1.73. The van der Waals surface area contributed by atoms with Crippen molar-refractivity contribution in [2.45, 2.75) is 26.8 Å². The number of methoxy groups -OCH3 is 1. The summed E-state index contributed by atoms with van der Waals surface area (Å²) < 4.78 is 4.93. The molecule has 140 valence electrons. The molecule has 0 aromatic heterocycles. The Balaban J connectivity index is 2.08. The summed E-state index contributed by atoms with van der Waals surface area (Å²) in [6.45, 7) is 5.39. The molecule has 1 aromatic carbocycles. The van der Waals surface area contributed by atoms with E-state index in [0.29, 0.717) is 11.3 Å². The number of carbonyl (C=O) groups excluding carboxylic acids is 4. The van der Waals surface area contributed by atoms with E-state index in [2.05, 4.69) is 5.32 Å². The molecule has 0 radical (unpaired) electrons. The van der Waals surface area contributed by atoms with E-state index >= 15 is 0 Å². The van der Waals surface area contributed by atoms with Gasteiger partial charge in [0, 0.05) is 23.4 Å². The third kappa shape index (κ3) is 3.21. The lowest BCUT2D eigenvalue weighted by Crippen LogP contribution is -2.33. The molecule has 8 heteroatoms. The van der Waals surface area contributed by atoms with Gasteiger partial charge in [-0.3, -0.25) is 19.2 Å². The Bertz CT molecular complexity index is 929. The van der Waals surface area contributed by atoms with Gasteiger partial charge in [0.2, 0.25) is 0 Å². The SMILES string of the molecule is COC1=CC(=O)N(c2cc(NC(C)C)cc(N3C(=O)C=C(C)C3=O)c2)C1=O. The molecule has 2 heterocycles. The van der Waals surface area contributed by atoms with E-state index in [4.69, 9.17) is 4.74 Å². The average molecular weight is 369 g/mol. The number of anilines is 3. The van der Waals surface area contributed by atoms with Crippen molar-refractivity contribution >= 4 is 40.7 Å². The van der Waals surface area contributed by atoms with Gasteiger partial charge in [0.15, 0.2) is 5.76 Å². The lowest BCUT2D eigenvalue weighted by molar-refractivity contribution is -0.122. The van der Waals surface area contributed by atoms with Gasteiger partial charge in [-0.1, -0.05) is 0 Å². The lowest BCUT2D eigenvalue weighted by Gasteiger charge is -2.22. The minimum Gasteiger partial charge on any atom is -0.491 e. The van der Waals surface area contributed by atoms with Crippen LogP contribution in [0.4, 0.5) is 17.1 Å². The van der Waals surface area contributed by atoms with E-state index in [9.17, 15) is 19.2 Å². The smallest absolute Gasteiger partial charge is 0.300 e. The first-order chi connectivity index (χ1) is 12.7. The van der Waals surface area contributed by atoms with E-state index in [1.807, 2.05) is 13.8 Å². The number of amides is 4. The first-order valence-corrected chi connectivity index (χ1v) is 8.35. The van der Waals surface area contributed by atoms with Gasteiger partial charge >= 0.3 is 5.91 Å². The highest BCUT2D eigenvalue weighted by Gasteiger charge is 2.35. The number of hydrogen-bond donors (Lipinski definition) is 1. The highest BCUT2D eigenvalue weighted by molar-refractivity contribution is 6.32. The van der Waals surface area contributed by atoms with Crippen LogP contribution in [0.15, 0.2) is 41.7 Å². The molecule has 0 unspecified atom stereocenters. The Morgan fingerprint density at radius 2 is 1.44 bits per heavy atom. The summed E-state index contributed by atoms with van der Waals surface area (Å²) >= 11 is 0. The maximum Gasteiger partial charge on any atom is 0.300 e. The van der Waals surface area contributed by atoms with E-state index in [1.54, 1.807) is 19.1 Å². The van der Waals surface area contributed by atoms with Gasteiger partial charge in [0.05, 0.1) is 24.6 Å². The van der Waals surface area contributed by atoms with Crippen molar-refractivity contribution in [1.29, 1.82) is 0 Å². The van der Waals surface area contributed by atoms with Crippen molar-refractivity contribution in [3.8, 4) is 0 Å². The van der Waals surface area contributed by atoms with Crippen LogP contribution in [-0.4, -0.2) is 36.8 Å². The van der Waals surface area contributed by atoms with Crippen LogP contribution in [-0.2, 0) is 23.9 Å². The summed E-state index contributed by atoms with van der Waals surface area (Å²) in [6.07, 6.45) is 2.35. The second-order valence-corrected chi connectivity index (χ2v) is 6.53. The van der Waals surface area contributed by atoms with Gasteiger partial charge in [-0.05, 0) is 39.0 Å². The van der Waals surface area contributed by atoms with Gasteiger partial charge in [0.25, 0.3) is 17.7 Å². The van der Waals surface area contributed by atoms with Crippen molar-refractivity contribution in [1.82, 2.24) is 0 Å². The number of hydrogen-bond acceptors (Lipinski definition) is 6. The Kier molecular flexibility index (Phi) is 4.57. The fourth-order valence-electron chi connectivity index (χ4n) is 2.94. The maximum absolute atomic E-state index is 12.4. The molecule has 0 saturated carbocycles. The number of carbonyl (C=O) groups is 4. The molecule has 0 bridgehead atoms. The normalized spacial score (nSPS) is 17.1. The van der Waals surface area contributed by atoms with Crippen molar-refractivity contribution in [2.24, 2.45) is 0 Å². The second-order valence-electron chi connectivity index (χ2n) is 6.53. The number of nitrogens with zero attached hydrogens (tertiary/aromatic N) is 2. The molecule has 0 fully saturated rings. The van der Waals surface area contributed by atoms with Crippen LogP contribution in [0.3, 0.4) is 0 Å². The van der Waals surface area contributed by atoms with Gasteiger partial charge in [-0.25, -0.2) is 9.80 Å². The average Bonchev–Trinajstić information content (AvgIpc) is 3.01. The van der Waals surface area contributed by atoms with Crippen LogP contribution < -0.4 is 15.1 Å². The summed E-state index contributed by atoms with van der Waals surface area (Å²) in [5.74, 6) is -2.15. The number of ether oxygens (including phenoxy) is 1. The molecule has 3 rings (SSSR count).